The number of rotatable bonds is 7. The third kappa shape index (κ3) is 7.84. The maximum absolute atomic E-state index is 13.9. The summed E-state index contributed by atoms with van der Waals surface area (Å²) in [6.45, 7) is 4.85. The van der Waals surface area contributed by atoms with Crippen LogP contribution in [0, 0.1) is 11.6 Å². The molecule has 0 bridgehead atoms. The van der Waals surface area contributed by atoms with Crippen LogP contribution < -0.4 is 16.0 Å². The van der Waals surface area contributed by atoms with E-state index in [1.54, 1.807) is 6.92 Å². The van der Waals surface area contributed by atoms with Crippen molar-refractivity contribution in [2.75, 3.05) is 19.6 Å². The minimum absolute atomic E-state index is 0. The Bertz CT molecular complexity index is 832. The number of halogens is 3. The summed E-state index contributed by atoms with van der Waals surface area (Å²) in [5, 5.41) is 18.1. The second-order valence-corrected chi connectivity index (χ2v) is 6.10. The molecule has 158 valence electrons. The first-order chi connectivity index (χ1) is 13.4. The minimum Gasteiger partial charge on any atom is -0.508 e. The highest BCUT2D eigenvalue weighted by Crippen LogP contribution is 2.17. The normalized spacial score (nSPS) is 11.9. The summed E-state index contributed by atoms with van der Waals surface area (Å²) in [5.41, 5.74) is 0.764. The monoisotopic (exact) mass is 518 g/mol. The maximum atomic E-state index is 13.9. The molecule has 0 radical (unpaired) electrons. The zero-order valence-corrected chi connectivity index (χ0v) is 18.5. The smallest absolute Gasteiger partial charge is 0.251 e. The summed E-state index contributed by atoms with van der Waals surface area (Å²) in [4.78, 5) is 16.4. The molecule has 1 unspecified atom stereocenters. The van der Waals surface area contributed by atoms with Crippen molar-refractivity contribution in [3.63, 3.8) is 0 Å². The molecule has 1 amide bonds. The van der Waals surface area contributed by atoms with Crippen LogP contribution in [0.5, 0.6) is 5.75 Å². The fraction of sp³-hybridized carbons (Fsp3) is 0.300. The maximum Gasteiger partial charge on any atom is 0.251 e. The van der Waals surface area contributed by atoms with Crippen LogP contribution in [0.25, 0.3) is 0 Å². The van der Waals surface area contributed by atoms with Gasteiger partial charge in [-0.05, 0) is 44.2 Å². The number of phenols is 1. The Hall–Kier alpha value is -2.43. The van der Waals surface area contributed by atoms with Crippen LogP contribution in [0.1, 0.15) is 35.8 Å². The van der Waals surface area contributed by atoms with Crippen molar-refractivity contribution in [2.45, 2.75) is 19.9 Å². The highest BCUT2D eigenvalue weighted by atomic mass is 127. The van der Waals surface area contributed by atoms with E-state index in [0.717, 1.165) is 6.07 Å². The Morgan fingerprint density at radius 2 is 1.83 bits per heavy atom. The summed E-state index contributed by atoms with van der Waals surface area (Å²) in [7, 11) is 0. The third-order valence-corrected chi connectivity index (χ3v) is 3.92. The minimum atomic E-state index is -0.628. The summed E-state index contributed by atoms with van der Waals surface area (Å²) in [5.74, 6) is -0.975. The van der Waals surface area contributed by atoms with Gasteiger partial charge in [-0.2, -0.15) is 0 Å². The van der Waals surface area contributed by atoms with Crippen LogP contribution >= 0.6 is 24.0 Å². The second kappa shape index (κ2) is 12.2. The van der Waals surface area contributed by atoms with Crippen LogP contribution in [-0.2, 0) is 0 Å². The number of aromatic hydroxyl groups is 1. The summed E-state index contributed by atoms with van der Waals surface area (Å²) < 4.78 is 27.0. The highest BCUT2D eigenvalue weighted by molar-refractivity contribution is 14.0. The van der Waals surface area contributed by atoms with E-state index in [4.69, 9.17) is 0 Å². The lowest BCUT2D eigenvalue weighted by molar-refractivity contribution is 0.0955. The fourth-order valence-electron chi connectivity index (χ4n) is 2.51. The molecule has 0 aliphatic rings. The molecule has 0 aliphatic carbocycles. The fourth-order valence-corrected chi connectivity index (χ4v) is 2.51. The van der Waals surface area contributed by atoms with Gasteiger partial charge in [-0.25, -0.2) is 8.78 Å². The van der Waals surface area contributed by atoms with Gasteiger partial charge in [0.15, 0.2) is 5.96 Å². The van der Waals surface area contributed by atoms with Crippen LogP contribution in [-0.4, -0.2) is 36.6 Å². The van der Waals surface area contributed by atoms with Gasteiger partial charge in [-0.3, -0.25) is 9.79 Å². The molecule has 0 fully saturated rings. The molecule has 6 nitrogen and oxygen atoms in total. The highest BCUT2D eigenvalue weighted by Gasteiger charge is 2.13. The van der Waals surface area contributed by atoms with Gasteiger partial charge < -0.3 is 21.1 Å². The molecular weight excluding hydrogens is 493 g/mol. The van der Waals surface area contributed by atoms with Gasteiger partial charge in [0, 0.05) is 30.3 Å². The first kappa shape index (κ1) is 24.6. The molecule has 0 saturated heterocycles. The second-order valence-electron chi connectivity index (χ2n) is 6.10. The SMILES string of the molecule is CCNC(=NCCNC(=O)c1ccc(O)cc1)NC(C)c1ccc(F)cc1F.I. The van der Waals surface area contributed by atoms with Crippen molar-refractivity contribution >= 4 is 35.8 Å². The predicted molar refractivity (Wildman–Crippen MR) is 120 cm³/mol. The average molecular weight is 518 g/mol. The van der Waals surface area contributed by atoms with Crippen molar-refractivity contribution < 1.29 is 18.7 Å². The van der Waals surface area contributed by atoms with E-state index in [2.05, 4.69) is 20.9 Å². The van der Waals surface area contributed by atoms with Gasteiger partial charge in [-0.1, -0.05) is 6.07 Å². The molecule has 2 aromatic carbocycles. The van der Waals surface area contributed by atoms with Crippen molar-refractivity contribution in [1.82, 2.24) is 16.0 Å². The van der Waals surface area contributed by atoms with Crippen molar-refractivity contribution in [3.05, 3.63) is 65.2 Å². The van der Waals surface area contributed by atoms with E-state index in [-0.39, 0.29) is 35.6 Å². The van der Waals surface area contributed by atoms with E-state index in [9.17, 15) is 18.7 Å². The molecule has 9 heteroatoms. The lowest BCUT2D eigenvalue weighted by Gasteiger charge is -2.18. The molecular formula is C20H25F2IN4O2. The van der Waals surface area contributed by atoms with Gasteiger partial charge >= 0.3 is 0 Å². The quantitative estimate of drug-likeness (QED) is 0.196. The van der Waals surface area contributed by atoms with E-state index in [0.29, 0.717) is 36.7 Å². The predicted octanol–water partition coefficient (Wildman–Crippen LogP) is 3.33. The summed E-state index contributed by atoms with van der Waals surface area (Å²) in [6.07, 6.45) is 0. The number of nitrogens with zero attached hydrogens (tertiary/aromatic N) is 1. The number of amides is 1. The van der Waals surface area contributed by atoms with Gasteiger partial charge in [-0.15, -0.1) is 24.0 Å². The Labute approximate surface area is 185 Å². The topological polar surface area (TPSA) is 85.8 Å². The van der Waals surface area contributed by atoms with E-state index in [1.165, 1.54) is 36.4 Å². The number of aliphatic imine (C=N–C) groups is 1. The number of carbonyl (C=O) groups is 1. The Kier molecular flexibility index (Phi) is 10.4. The molecule has 1 atom stereocenters. The molecule has 0 saturated carbocycles. The summed E-state index contributed by atoms with van der Waals surface area (Å²) in [6, 6.07) is 8.95. The molecule has 0 heterocycles. The molecule has 0 aromatic heterocycles. The average Bonchev–Trinajstić information content (AvgIpc) is 2.65. The number of hydrogen-bond donors (Lipinski definition) is 4. The number of guanidine groups is 1. The number of hydrogen-bond acceptors (Lipinski definition) is 3. The van der Waals surface area contributed by atoms with Crippen molar-refractivity contribution in [3.8, 4) is 5.75 Å². The van der Waals surface area contributed by atoms with Crippen LogP contribution in [0.3, 0.4) is 0 Å². The standard InChI is InChI=1S/C20H24F2N4O2.HI/c1-3-23-20(26-13(2)17-9-6-15(21)12-18(17)22)25-11-10-24-19(28)14-4-7-16(27)8-5-14;/h4-9,12-13,27H,3,10-11H2,1-2H3,(H,24,28)(H2,23,25,26);1H. The van der Waals surface area contributed by atoms with Gasteiger partial charge in [0.05, 0.1) is 12.6 Å². The number of carbonyl (C=O) groups excluding carboxylic acids is 1. The molecule has 2 rings (SSSR count). The third-order valence-electron chi connectivity index (χ3n) is 3.92. The zero-order chi connectivity index (χ0) is 20.5. The van der Waals surface area contributed by atoms with Crippen LogP contribution in [0.2, 0.25) is 0 Å². The molecule has 4 N–H and O–H groups in total. The zero-order valence-electron chi connectivity index (χ0n) is 16.2. The molecule has 0 aliphatic heterocycles. The number of benzene rings is 2. The summed E-state index contributed by atoms with van der Waals surface area (Å²) >= 11 is 0. The van der Waals surface area contributed by atoms with E-state index < -0.39 is 17.7 Å². The van der Waals surface area contributed by atoms with E-state index in [1.807, 2.05) is 6.92 Å². The molecule has 0 spiro atoms. The first-order valence-electron chi connectivity index (χ1n) is 8.97. The van der Waals surface area contributed by atoms with Crippen LogP contribution in [0.4, 0.5) is 8.78 Å². The van der Waals surface area contributed by atoms with Gasteiger partial charge in [0.1, 0.15) is 17.4 Å². The van der Waals surface area contributed by atoms with Crippen molar-refractivity contribution in [1.29, 1.82) is 0 Å². The van der Waals surface area contributed by atoms with Gasteiger partial charge in [0.25, 0.3) is 5.91 Å². The van der Waals surface area contributed by atoms with E-state index >= 15 is 0 Å². The number of nitrogens with one attached hydrogen (secondary N) is 3. The molecule has 29 heavy (non-hydrogen) atoms. The Morgan fingerprint density at radius 3 is 2.45 bits per heavy atom. The lowest BCUT2D eigenvalue weighted by Crippen LogP contribution is -2.39. The Morgan fingerprint density at radius 1 is 1.14 bits per heavy atom. The Balaban J connectivity index is 0.00000420. The van der Waals surface area contributed by atoms with Gasteiger partial charge in [0.2, 0.25) is 0 Å². The van der Waals surface area contributed by atoms with Crippen LogP contribution in [0.15, 0.2) is 47.5 Å². The van der Waals surface area contributed by atoms with Crippen molar-refractivity contribution in [2.24, 2.45) is 4.99 Å². The largest absolute Gasteiger partial charge is 0.508 e. The number of phenolic OH excluding ortho intramolecular Hbond substituents is 1. The molecule has 2 aromatic rings. The lowest BCUT2D eigenvalue weighted by atomic mass is 10.1. The first-order valence-corrected chi connectivity index (χ1v) is 8.97.